The second-order valence-electron chi connectivity index (χ2n) is 10.1. The Kier molecular flexibility index (Phi) is 7.98. The first-order valence-corrected chi connectivity index (χ1v) is 11.7. The third-order valence-corrected chi connectivity index (χ3v) is 6.06. The summed E-state index contributed by atoms with van der Waals surface area (Å²) < 4.78 is 11.1. The summed E-state index contributed by atoms with van der Waals surface area (Å²) in [5, 5.41) is 15.3. The van der Waals surface area contributed by atoms with Gasteiger partial charge in [-0.2, -0.15) is 0 Å². The van der Waals surface area contributed by atoms with Gasteiger partial charge in [-0.05, 0) is 76.8 Å². The molecule has 0 radical (unpaired) electrons. The number of ether oxygens (including phenoxy) is 2. The van der Waals surface area contributed by atoms with Crippen molar-refractivity contribution in [1.29, 1.82) is 0 Å². The number of rotatable bonds is 9. The molecule has 2 aliphatic rings. The quantitative estimate of drug-likeness (QED) is 0.528. The molecule has 178 valence electrons. The number of aryl methyl sites for hydroxylation is 2. The van der Waals surface area contributed by atoms with Crippen LogP contribution in [0.4, 0.5) is 10.6 Å². The summed E-state index contributed by atoms with van der Waals surface area (Å²) in [5.74, 6) is 0.193. The molecule has 2 heterocycles. The number of nitrogens with zero attached hydrogens (tertiary/aromatic N) is 1. The number of hydrogen-bond acceptors (Lipinski definition) is 6. The number of pyridine rings is 1. The molecule has 0 bridgehead atoms. The molecule has 1 aliphatic heterocycles. The third kappa shape index (κ3) is 7.08. The molecule has 3 rings (SSSR count). The van der Waals surface area contributed by atoms with Crippen LogP contribution in [0, 0.1) is 11.8 Å². The van der Waals surface area contributed by atoms with Crippen molar-refractivity contribution in [3.05, 3.63) is 23.4 Å². The average Bonchev–Trinajstić information content (AvgIpc) is 2.68. The number of anilines is 1. The molecule has 32 heavy (non-hydrogen) atoms. The molecule has 2 atom stereocenters. The highest BCUT2D eigenvalue weighted by Gasteiger charge is 2.33. The molecule has 0 aromatic carbocycles. The fourth-order valence-electron chi connectivity index (χ4n) is 4.17. The summed E-state index contributed by atoms with van der Waals surface area (Å²) in [6.45, 7) is 8.26. The van der Waals surface area contributed by atoms with E-state index in [4.69, 9.17) is 14.5 Å². The zero-order valence-electron chi connectivity index (χ0n) is 19.6. The minimum Gasteiger partial charge on any atom is -0.480 e. The topological polar surface area (TPSA) is 110 Å². The molecule has 3 N–H and O–H groups in total. The highest BCUT2D eigenvalue weighted by Crippen LogP contribution is 2.34. The van der Waals surface area contributed by atoms with Gasteiger partial charge in [0.25, 0.3) is 0 Å². The van der Waals surface area contributed by atoms with Crippen LogP contribution in [0.2, 0.25) is 0 Å². The number of nitrogens with one attached hydrogen (secondary N) is 2. The second kappa shape index (κ2) is 10.5. The summed E-state index contributed by atoms with van der Waals surface area (Å²) in [7, 11) is 0. The number of aromatic nitrogens is 1. The van der Waals surface area contributed by atoms with Crippen molar-refractivity contribution >= 4 is 17.9 Å². The minimum atomic E-state index is -1.09. The molecule has 0 spiro atoms. The Morgan fingerprint density at radius 1 is 1.31 bits per heavy atom. The number of hydrogen-bond donors (Lipinski definition) is 3. The lowest BCUT2D eigenvalue weighted by molar-refractivity contribution is -0.142. The van der Waals surface area contributed by atoms with Crippen molar-refractivity contribution in [3.63, 3.8) is 0 Å². The summed E-state index contributed by atoms with van der Waals surface area (Å²) in [5.41, 5.74) is 1.76. The van der Waals surface area contributed by atoms with E-state index in [2.05, 4.69) is 22.8 Å². The number of carboxylic acid groups (broad SMARTS) is 1. The largest absolute Gasteiger partial charge is 0.480 e. The highest BCUT2D eigenvalue weighted by atomic mass is 16.6. The van der Waals surface area contributed by atoms with Gasteiger partial charge in [0.15, 0.2) is 0 Å². The maximum absolute atomic E-state index is 11.9. The fraction of sp³-hybridized carbons (Fsp3) is 0.708. The van der Waals surface area contributed by atoms with Crippen LogP contribution in [-0.4, -0.2) is 53.1 Å². The first-order valence-electron chi connectivity index (χ1n) is 11.7. The number of fused-ring (bicyclic) bond motifs is 1. The lowest BCUT2D eigenvalue weighted by Gasteiger charge is -2.36. The number of carbonyl (C=O) groups is 2. The number of carbonyl (C=O) groups excluding carboxylic acids is 1. The number of amides is 1. The van der Waals surface area contributed by atoms with E-state index in [-0.39, 0.29) is 18.6 Å². The third-order valence-electron chi connectivity index (χ3n) is 6.06. The van der Waals surface area contributed by atoms with Gasteiger partial charge >= 0.3 is 12.1 Å². The van der Waals surface area contributed by atoms with E-state index >= 15 is 0 Å². The van der Waals surface area contributed by atoms with Crippen LogP contribution in [0.3, 0.4) is 0 Å². The first-order chi connectivity index (χ1) is 15.1. The normalized spacial score (nSPS) is 22.0. The molecular formula is C24H37N3O5. The molecule has 1 aromatic rings. The van der Waals surface area contributed by atoms with Crippen LogP contribution in [0.1, 0.15) is 64.6 Å². The van der Waals surface area contributed by atoms with Gasteiger partial charge in [-0.3, -0.25) is 0 Å². The standard InChI is InChI=1S/C24H37N3O5/c1-15(20(22(28)29)27-23(30)32-24(2,3)4)14-31-19-12-16(13-19)7-9-18-10-8-17-6-5-11-25-21(17)26-18/h8,10,15-16,19-20H,5-7,9,11-14H2,1-4H3,(H,25,26)(H,27,30)(H,28,29)/t15-,16-,19-,20+/m1/s1. The summed E-state index contributed by atoms with van der Waals surface area (Å²) in [6.07, 6.45) is 5.69. The zero-order chi connectivity index (χ0) is 23.3. The fourth-order valence-corrected chi connectivity index (χ4v) is 4.17. The SMILES string of the molecule is C[C@H](CO[C@H]1C[C@H](CCc2ccc3c(n2)NCCC3)C1)[C@H](NC(=O)OC(C)(C)C)C(=O)O. The van der Waals surface area contributed by atoms with E-state index < -0.39 is 23.7 Å². The number of carboxylic acids is 1. The summed E-state index contributed by atoms with van der Waals surface area (Å²) >= 11 is 0. The Balaban J connectivity index is 1.36. The number of aliphatic carboxylic acids is 1. The van der Waals surface area contributed by atoms with Gasteiger partial charge in [-0.25, -0.2) is 14.6 Å². The van der Waals surface area contributed by atoms with Crippen molar-refractivity contribution < 1.29 is 24.2 Å². The molecule has 1 aliphatic carbocycles. The molecule has 0 unspecified atom stereocenters. The Morgan fingerprint density at radius 3 is 2.75 bits per heavy atom. The van der Waals surface area contributed by atoms with E-state index in [0.29, 0.717) is 5.92 Å². The van der Waals surface area contributed by atoms with Crippen molar-refractivity contribution in [2.24, 2.45) is 11.8 Å². The Morgan fingerprint density at radius 2 is 2.06 bits per heavy atom. The van der Waals surface area contributed by atoms with E-state index in [1.165, 1.54) is 12.0 Å². The van der Waals surface area contributed by atoms with Crippen LogP contribution in [0.5, 0.6) is 0 Å². The zero-order valence-corrected chi connectivity index (χ0v) is 19.6. The van der Waals surface area contributed by atoms with E-state index in [1.54, 1.807) is 27.7 Å². The van der Waals surface area contributed by atoms with Gasteiger partial charge in [0.1, 0.15) is 17.5 Å². The van der Waals surface area contributed by atoms with Gasteiger partial charge in [-0.15, -0.1) is 0 Å². The number of alkyl carbamates (subject to hydrolysis) is 1. The monoisotopic (exact) mass is 447 g/mol. The molecule has 8 heteroatoms. The van der Waals surface area contributed by atoms with Gasteiger partial charge in [0.2, 0.25) is 0 Å². The molecule has 8 nitrogen and oxygen atoms in total. The van der Waals surface area contributed by atoms with Crippen LogP contribution in [-0.2, 0) is 27.1 Å². The second-order valence-corrected chi connectivity index (χ2v) is 10.1. The van der Waals surface area contributed by atoms with Crippen molar-refractivity contribution in [1.82, 2.24) is 10.3 Å². The minimum absolute atomic E-state index is 0.150. The van der Waals surface area contributed by atoms with Crippen molar-refractivity contribution in [2.45, 2.75) is 84.0 Å². The summed E-state index contributed by atoms with van der Waals surface area (Å²) in [4.78, 5) is 28.3. The predicted molar refractivity (Wildman–Crippen MR) is 122 cm³/mol. The van der Waals surface area contributed by atoms with Gasteiger partial charge in [0, 0.05) is 18.2 Å². The van der Waals surface area contributed by atoms with E-state index in [1.807, 2.05) is 0 Å². The van der Waals surface area contributed by atoms with Crippen LogP contribution in [0.25, 0.3) is 0 Å². The average molecular weight is 448 g/mol. The van der Waals surface area contributed by atoms with Crippen molar-refractivity contribution in [3.8, 4) is 0 Å². The molecular weight excluding hydrogens is 410 g/mol. The lowest BCUT2D eigenvalue weighted by atomic mass is 9.79. The van der Waals surface area contributed by atoms with Gasteiger partial charge in [-0.1, -0.05) is 13.0 Å². The first kappa shape index (κ1) is 24.3. The molecule has 1 aromatic heterocycles. The Bertz CT molecular complexity index is 801. The Labute approximate surface area is 190 Å². The van der Waals surface area contributed by atoms with Gasteiger partial charge in [0.05, 0.1) is 12.7 Å². The Hall–Kier alpha value is -2.35. The van der Waals surface area contributed by atoms with Crippen LogP contribution in [0.15, 0.2) is 12.1 Å². The van der Waals surface area contributed by atoms with E-state index in [9.17, 15) is 14.7 Å². The van der Waals surface area contributed by atoms with E-state index in [0.717, 1.165) is 50.2 Å². The highest BCUT2D eigenvalue weighted by molar-refractivity contribution is 5.80. The maximum atomic E-state index is 11.9. The molecule has 0 saturated heterocycles. The maximum Gasteiger partial charge on any atom is 0.408 e. The lowest BCUT2D eigenvalue weighted by Crippen LogP contribution is -2.48. The smallest absolute Gasteiger partial charge is 0.408 e. The molecule has 1 amide bonds. The van der Waals surface area contributed by atoms with Crippen LogP contribution >= 0.6 is 0 Å². The van der Waals surface area contributed by atoms with Crippen molar-refractivity contribution in [2.75, 3.05) is 18.5 Å². The predicted octanol–water partition coefficient (Wildman–Crippen LogP) is 3.78. The molecule has 1 saturated carbocycles. The van der Waals surface area contributed by atoms with Crippen LogP contribution < -0.4 is 10.6 Å². The molecule has 1 fully saturated rings. The van der Waals surface area contributed by atoms with Gasteiger partial charge < -0.3 is 25.2 Å². The summed E-state index contributed by atoms with van der Waals surface area (Å²) in [6, 6.07) is 3.29.